The van der Waals surface area contributed by atoms with E-state index in [0.29, 0.717) is 23.4 Å². The molecule has 6 heteroatoms. The van der Waals surface area contributed by atoms with Crippen LogP contribution in [0, 0.1) is 11.8 Å². The van der Waals surface area contributed by atoms with E-state index in [1.807, 2.05) is 4.90 Å². The third-order valence-corrected chi connectivity index (χ3v) is 6.58. The zero-order valence-electron chi connectivity index (χ0n) is 16.3. The van der Waals surface area contributed by atoms with E-state index in [1.165, 1.54) is 19.3 Å². The normalized spacial score (nSPS) is 26.8. The van der Waals surface area contributed by atoms with Gasteiger partial charge in [0.15, 0.2) is 5.69 Å². The first-order valence-corrected chi connectivity index (χ1v) is 10.7. The van der Waals surface area contributed by atoms with Crippen LogP contribution in [0.5, 0.6) is 0 Å². The number of aromatic nitrogens is 1. The van der Waals surface area contributed by atoms with Gasteiger partial charge in [-0.2, -0.15) is 0 Å². The van der Waals surface area contributed by atoms with E-state index in [1.54, 1.807) is 6.07 Å². The molecule has 1 aliphatic heterocycles. The summed E-state index contributed by atoms with van der Waals surface area (Å²) in [6, 6.07) is 1.88. The largest absolute Gasteiger partial charge is 0.360 e. The highest BCUT2D eigenvalue weighted by molar-refractivity contribution is 5.92. The number of piperidine rings is 1. The van der Waals surface area contributed by atoms with Crippen molar-refractivity contribution in [1.29, 1.82) is 0 Å². The van der Waals surface area contributed by atoms with Crippen molar-refractivity contribution in [2.75, 3.05) is 13.1 Å². The van der Waals surface area contributed by atoms with Crippen LogP contribution in [0.3, 0.4) is 0 Å². The average Bonchev–Trinajstić information content (AvgIpc) is 3.44. The van der Waals surface area contributed by atoms with Crippen molar-refractivity contribution in [3.05, 3.63) is 17.5 Å². The monoisotopic (exact) mass is 373 g/mol. The molecule has 2 heterocycles. The van der Waals surface area contributed by atoms with E-state index >= 15 is 0 Å². The Labute approximate surface area is 161 Å². The third-order valence-electron chi connectivity index (χ3n) is 6.58. The van der Waals surface area contributed by atoms with Gasteiger partial charge in [0, 0.05) is 37.0 Å². The molecular formula is C21H31N3O3. The molecule has 1 aromatic rings. The van der Waals surface area contributed by atoms with Crippen LogP contribution in [0.15, 0.2) is 10.6 Å². The van der Waals surface area contributed by atoms with Crippen molar-refractivity contribution < 1.29 is 14.1 Å². The van der Waals surface area contributed by atoms with Crippen LogP contribution < -0.4 is 5.32 Å². The van der Waals surface area contributed by atoms with Gasteiger partial charge in [0.1, 0.15) is 5.76 Å². The molecule has 0 radical (unpaired) electrons. The molecule has 3 aliphatic rings. The summed E-state index contributed by atoms with van der Waals surface area (Å²) in [4.78, 5) is 27.5. The second-order valence-electron chi connectivity index (χ2n) is 8.54. The Morgan fingerprint density at radius 3 is 2.67 bits per heavy atom. The molecule has 1 aromatic heterocycles. The van der Waals surface area contributed by atoms with Gasteiger partial charge in [-0.3, -0.25) is 9.59 Å². The first-order valence-electron chi connectivity index (χ1n) is 10.7. The summed E-state index contributed by atoms with van der Waals surface area (Å²) in [6.45, 7) is 3.63. The van der Waals surface area contributed by atoms with Gasteiger partial charge in [-0.1, -0.05) is 31.3 Å². The minimum Gasteiger partial charge on any atom is -0.360 e. The number of likely N-dealkylation sites (tertiary alicyclic amines) is 1. The lowest BCUT2D eigenvalue weighted by atomic mass is 9.85. The van der Waals surface area contributed by atoms with Crippen LogP contribution in [-0.4, -0.2) is 41.0 Å². The van der Waals surface area contributed by atoms with E-state index in [0.717, 1.165) is 57.4 Å². The summed E-state index contributed by atoms with van der Waals surface area (Å²) >= 11 is 0. The summed E-state index contributed by atoms with van der Waals surface area (Å²) in [6.07, 6.45) is 9.73. The summed E-state index contributed by atoms with van der Waals surface area (Å²) in [5.41, 5.74) is 0.382. The highest BCUT2D eigenvalue weighted by atomic mass is 16.5. The Morgan fingerprint density at radius 1 is 1.19 bits per heavy atom. The quantitative estimate of drug-likeness (QED) is 0.857. The molecule has 2 amide bonds. The summed E-state index contributed by atoms with van der Waals surface area (Å²) in [5, 5.41) is 7.09. The second kappa shape index (κ2) is 8.03. The molecule has 148 valence electrons. The van der Waals surface area contributed by atoms with Crippen molar-refractivity contribution in [3.63, 3.8) is 0 Å². The first kappa shape index (κ1) is 18.5. The third kappa shape index (κ3) is 4.19. The highest BCUT2D eigenvalue weighted by Crippen LogP contribution is 2.40. The van der Waals surface area contributed by atoms with Crippen LogP contribution in [-0.2, 0) is 4.79 Å². The maximum Gasteiger partial charge on any atom is 0.273 e. The smallest absolute Gasteiger partial charge is 0.273 e. The summed E-state index contributed by atoms with van der Waals surface area (Å²) < 4.78 is 5.30. The summed E-state index contributed by atoms with van der Waals surface area (Å²) in [7, 11) is 0. The molecule has 1 N–H and O–H groups in total. The Morgan fingerprint density at radius 2 is 1.96 bits per heavy atom. The number of hydrogen-bond acceptors (Lipinski definition) is 4. The number of carbonyl (C=O) groups is 2. The van der Waals surface area contributed by atoms with E-state index < -0.39 is 0 Å². The molecule has 2 aliphatic carbocycles. The molecule has 0 aromatic carbocycles. The molecule has 1 saturated heterocycles. The van der Waals surface area contributed by atoms with Crippen LogP contribution in [0.25, 0.3) is 0 Å². The van der Waals surface area contributed by atoms with Crippen molar-refractivity contribution in [2.45, 2.75) is 76.7 Å². The number of amides is 2. The number of nitrogens with zero attached hydrogens (tertiary/aromatic N) is 2. The fourth-order valence-electron chi connectivity index (χ4n) is 4.64. The van der Waals surface area contributed by atoms with Gasteiger partial charge in [-0.05, 0) is 44.4 Å². The zero-order chi connectivity index (χ0) is 18.8. The molecular weight excluding hydrogens is 342 g/mol. The molecule has 4 rings (SSSR count). The highest BCUT2D eigenvalue weighted by Gasteiger charge is 2.35. The lowest BCUT2D eigenvalue weighted by Gasteiger charge is -2.40. The molecule has 0 spiro atoms. The molecule has 3 fully saturated rings. The van der Waals surface area contributed by atoms with E-state index in [4.69, 9.17) is 4.52 Å². The molecule has 2 unspecified atom stereocenters. The Kier molecular flexibility index (Phi) is 5.50. The summed E-state index contributed by atoms with van der Waals surface area (Å²) in [5.74, 6) is 1.99. The van der Waals surface area contributed by atoms with Gasteiger partial charge in [-0.15, -0.1) is 0 Å². The molecule has 0 bridgehead atoms. The van der Waals surface area contributed by atoms with Gasteiger partial charge < -0.3 is 14.7 Å². The van der Waals surface area contributed by atoms with Crippen molar-refractivity contribution in [2.24, 2.45) is 11.8 Å². The van der Waals surface area contributed by atoms with Gasteiger partial charge in [0.2, 0.25) is 5.91 Å². The molecule has 27 heavy (non-hydrogen) atoms. The first-order chi connectivity index (χ1) is 13.2. The lowest BCUT2D eigenvalue weighted by Crippen LogP contribution is -2.53. The van der Waals surface area contributed by atoms with Crippen molar-refractivity contribution >= 4 is 11.8 Å². The van der Waals surface area contributed by atoms with E-state index in [2.05, 4.69) is 17.4 Å². The van der Waals surface area contributed by atoms with E-state index in [-0.39, 0.29) is 17.9 Å². The second-order valence-corrected chi connectivity index (χ2v) is 8.54. The van der Waals surface area contributed by atoms with Gasteiger partial charge in [-0.25, -0.2) is 0 Å². The maximum absolute atomic E-state index is 12.9. The minimum absolute atomic E-state index is 0.0963. The Bertz CT molecular complexity index is 676. The van der Waals surface area contributed by atoms with Crippen LogP contribution >= 0.6 is 0 Å². The van der Waals surface area contributed by atoms with Crippen LogP contribution in [0.4, 0.5) is 0 Å². The SMILES string of the molecule is CCC1CN(C(=O)C2CCCCC2)CCC1NC(=O)c1cc(C2CC2)on1. The molecule has 2 atom stereocenters. The van der Waals surface area contributed by atoms with Crippen LogP contribution in [0.1, 0.15) is 86.9 Å². The number of nitrogens with one attached hydrogen (secondary N) is 1. The number of hydrogen-bond donors (Lipinski definition) is 1. The van der Waals surface area contributed by atoms with Gasteiger partial charge in [0.05, 0.1) is 0 Å². The van der Waals surface area contributed by atoms with E-state index in [9.17, 15) is 9.59 Å². The van der Waals surface area contributed by atoms with Crippen molar-refractivity contribution in [3.8, 4) is 0 Å². The average molecular weight is 373 g/mol. The Hall–Kier alpha value is -1.85. The fourth-order valence-corrected chi connectivity index (χ4v) is 4.64. The van der Waals surface area contributed by atoms with Crippen LogP contribution in [0.2, 0.25) is 0 Å². The van der Waals surface area contributed by atoms with Gasteiger partial charge >= 0.3 is 0 Å². The van der Waals surface area contributed by atoms with Crippen molar-refractivity contribution in [1.82, 2.24) is 15.4 Å². The zero-order valence-corrected chi connectivity index (χ0v) is 16.3. The minimum atomic E-state index is -0.152. The number of carbonyl (C=O) groups excluding carboxylic acids is 2. The predicted molar refractivity (Wildman–Crippen MR) is 101 cm³/mol. The lowest BCUT2D eigenvalue weighted by molar-refractivity contribution is -0.138. The Balaban J connectivity index is 1.33. The molecule has 2 saturated carbocycles. The topological polar surface area (TPSA) is 75.4 Å². The maximum atomic E-state index is 12.9. The fraction of sp³-hybridized carbons (Fsp3) is 0.762. The predicted octanol–water partition coefficient (Wildman–Crippen LogP) is 3.49. The standard InChI is InChI=1S/C21H31N3O3/c1-2-14-13-24(21(26)16-6-4-3-5-7-16)11-10-17(14)22-20(25)18-12-19(27-23-18)15-8-9-15/h12,14-17H,2-11,13H2,1H3,(H,22,25). The molecule has 6 nitrogen and oxygen atoms in total. The number of rotatable bonds is 5. The van der Waals surface area contributed by atoms with Gasteiger partial charge in [0.25, 0.3) is 5.91 Å².